The number of aliphatic imine (C=N–C) groups is 1. The molecule has 0 atom stereocenters. The minimum Gasteiger partial charge on any atom is -0.506 e. The molecule has 0 amide bonds. The van der Waals surface area contributed by atoms with Crippen LogP contribution in [-0.4, -0.2) is 11.3 Å². The molecule has 0 heterocycles. The Balaban J connectivity index is 1.83. The molecule has 0 bridgehead atoms. The van der Waals surface area contributed by atoms with Crippen LogP contribution in [0.4, 0.5) is 5.69 Å². The third kappa shape index (κ3) is 5.49. The van der Waals surface area contributed by atoms with Gasteiger partial charge in [0.2, 0.25) is 0 Å². The second-order valence-corrected chi connectivity index (χ2v) is 10.9. The van der Waals surface area contributed by atoms with Gasteiger partial charge < -0.3 is 5.11 Å². The van der Waals surface area contributed by atoms with Gasteiger partial charge in [-0.05, 0) is 119 Å². The van der Waals surface area contributed by atoms with E-state index in [9.17, 15) is 5.11 Å². The minimum atomic E-state index is 0.267. The van der Waals surface area contributed by atoms with Gasteiger partial charge in [-0.1, -0.05) is 59.2 Å². The summed E-state index contributed by atoms with van der Waals surface area (Å²) in [7, 11) is 0. The van der Waals surface area contributed by atoms with Gasteiger partial charge in [0.15, 0.2) is 0 Å². The number of rotatable bonds is 4. The first-order valence-electron chi connectivity index (χ1n) is 10.7. The van der Waals surface area contributed by atoms with Gasteiger partial charge in [0, 0.05) is 20.9 Å². The van der Waals surface area contributed by atoms with Crippen LogP contribution in [0.1, 0.15) is 27.8 Å². The van der Waals surface area contributed by atoms with E-state index in [-0.39, 0.29) is 5.75 Å². The quantitative estimate of drug-likeness (QED) is 0.173. The van der Waals surface area contributed by atoms with E-state index >= 15 is 0 Å². The van der Waals surface area contributed by atoms with Crippen LogP contribution in [0.3, 0.4) is 0 Å². The van der Waals surface area contributed by atoms with E-state index < -0.39 is 0 Å². The molecule has 1 N–H and O–H groups in total. The van der Waals surface area contributed by atoms with Crippen LogP contribution >= 0.6 is 45.2 Å². The fraction of sp³-hybridized carbons (Fsp3) is 0.138. The lowest BCUT2D eigenvalue weighted by Gasteiger charge is -2.13. The highest BCUT2D eigenvalue weighted by atomic mass is 127. The van der Waals surface area contributed by atoms with Gasteiger partial charge in [-0.2, -0.15) is 0 Å². The maximum atomic E-state index is 10.5. The number of phenolic OH excluding ortho intramolecular Hbond substituents is 1. The fourth-order valence-corrected chi connectivity index (χ4v) is 6.07. The molecule has 0 fully saturated rings. The molecule has 4 aromatic rings. The van der Waals surface area contributed by atoms with Crippen molar-refractivity contribution in [3.8, 4) is 28.0 Å². The molecule has 4 rings (SSSR count). The van der Waals surface area contributed by atoms with Crippen molar-refractivity contribution < 1.29 is 5.11 Å². The van der Waals surface area contributed by atoms with Gasteiger partial charge in [0.05, 0.1) is 9.26 Å². The van der Waals surface area contributed by atoms with E-state index in [1.807, 2.05) is 12.1 Å². The topological polar surface area (TPSA) is 32.6 Å². The molecule has 0 aliphatic heterocycles. The summed E-state index contributed by atoms with van der Waals surface area (Å²) in [5.41, 5.74) is 11.1. The lowest BCUT2D eigenvalue weighted by molar-refractivity contribution is 0.470. The molecule has 0 aliphatic rings. The van der Waals surface area contributed by atoms with Crippen molar-refractivity contribution in [2.75, 3.05) is 0 Å². The predicted molar refractivity (Wildman–Crippen MR) is 157 cm³/mol. The zero-order valence-corrected chi connectivity index (χ0v) is 23.4. The maximum absolute atomic E-state index is 10.5. The van der Waals surface area contributed by atoms with Crippen molar-refractivity contribution in [3.63, 3.8) is 0 Å². The molecule has 0 unspecified atom stereocenters. The first kappa shape index (κ1) is 24.0. The number of aromatic hydroxyl groups is 1. The van der Waals surface area contributed by atoms with Crippen molar-refractivity contribution >= 4 is 57.1 Å². The number of phenols is 1. The van der Waals surface area contributed by atoms with Gasteiger partial charge in [-0.15, -0.1) is 0 Å². The monoisotopic (exact) mass is 657 g/mol. The van der Waals surface area contributed by atoms with Crippen LogP contribution in [0.25, 0.3) is 22.3 Å². The highest BCUT2D eigenvalue weighted by Crippen LogP contribution is 2.37. The van der Waals surface area contributed by atoms with Crippen LogP contribution in [0.15, 0.2) is 71.7 Å². The molecule has 0 radical (unpaired) electrons. The zero-order valence-electron chi connectivity index (χ0n) is 19.1. The molecule has 166 valence electrons. The van der Waals surface area contributed by atoms with E-state index in [2.05, 4.69) is 127 Å². The van der Waals surface area contributed by atoms with Crippen LogP contribution in [0.5, 0.6) is 5.75 Å². The van der Waals surface area contributed by atoms with E-state index in [1.165, 1.54) is 27.8 Å². The van der Waals surface area contributed by atoms with E-state index in [0.29, 0.717) is 0 Å². The summed E-state index contributed by atoms with van der Waals surface area (Å²) in [4.78, 5) is 4.88. The summed E-state index contributed by atoms with van der Waals surface area (Å²) in [5, 5.41) is 10.5. The van der Waals surface area contributed by atoms with Crippen molar-refractivity contribution in [1.82, 2.24) is 0 Å². The average Bonchev–Trinajstić information content (AvgIpc) is 2.75. The standard InChI is InChI=1S/C29H25I2NO/c1-17-8-18(2)11-23(10-17)21-6-5-7-22(13-21)26-12-19(3)9-20(4)28(26)32-16-24-14-25(30)15-27(31)29(24)33/h5-16,33H,1-4H3. The van der Waals surface area contributed by atoms with Crippen molar-refractivity contribution in [3.05, 3.63) is 102 Å². The number of nitrogens with zero attached hydrogens (tertiary/aromatic N) is 1. The van der Waals surface area contributed by atoms with Crippen molar-refractivity contribution in [2.45, 2.75) is 27.7 Å². The highest BCUT2D eigenvalue weighted by molar-refractivity contribution is 14.1. The number of hydrogen-bond donors (Lipinski definition) is 1. The van der Waals surface area contributed by atoms with Gasteiger partial charge in [-0.25, -0.2) is 0 Å². The average molecular weight is 657 g/mol. The molecular formula is C29H25I2NO. The first-order chi connectivity index (χ1) is 15.7. The lowest BCUT2D eigenvalue weighted by atomic mass is 9.94. The van der Waals surface area contributed by atoms with Crippen LogP contribution in [0, 0.1) is 34.8 Å². The summed E-state index contributed by atoms with van der Waals surface area (Å²) in [6, 6.07) is 23.6. The molecular weight excluding hydrogens is 632 g/mol. The first-order valence-corrected chi connectivity index (χ1v) is 12.9. The smallest absolute Gasteiger partial charge is 0.137 e. The molecule has 0 saturated heterocycles. The molecule has 0 spiro atoms. The molecule has 2 nitrogen and oxygen atoms in total. The normalized spacial score (nSPS) is 11.3. The Kier molecular flexibility index (Phi) is 7.24. The lowest BCUT2D eigenvalue weighted by Crippen LogP contribution is -1.90. The molecule has 0 aliphatic carbocycles. The Bertz CT molecular complexity index is 1370. The van der Waals surface area contributed by atoms with Crippen molar-refractivity contribution in [2.24, 2.45) is 4.99 Å². The van der Waals surface area contributed by atoms with Crippen LogP contribution in [-0.2, 0) is 0 Å². The number of halogens is 2. The van der Waals surface area contributed by atoms with E-state index in [0.717, 1.165) is 35.1 Å². The largest absolute Gasteiger partial charge is 0.506 e. The second kappa shape index (κ2) is 9.97. The van der Waals surface area contributed by atoms with E-state index in [4.69, 9.17) is 4.99 Å². The van der Waals surface area contributed by atoms with Gasteiger partial charge in [-0.3, -0.25) is 4.99 Å². The molecule has 0 saturated carbocycles. The number of benzene rings is 4. The molecule has 0 aromatic heterocycles. The molecule has 33 heavy (non-hydrogen) atoms. The Hall–Kier alpha value is -2.19. The summed E-state index contributed by atoms with van der Waals surface area (Å²) in [6.07, 6.45) is 1.77. The summed E-state index contributed by atoms with van der Waals surface area (Å²) < 4.78 is 1.89. The second-order valence-electron chi connectivity index (χ2n) is 8.52. The number of aryl methyl sites for hydroxylation is 4. The molecule has 4 aromatic carbocycles. The molecule has 4 heteroatoms. The summed E-state index contributed by atoms with van der Waals surface area (Å²) >= 11 is 4.42. The number of hydrogen-bond acceptors (Lipinski definition) is 2. The Morgan fingerprint density at radius 1 is 0.727 bits per heavy atom. The van der Waals surface area contributed by atoms with Gasteiger partial charge >= 0.3 is 0 Å². The SMILES string of the molecule is Cc1cc(C)cc(-c2cccc(-c3cc(C)cc(C)c3N=Cc3cc(I)cc(I)c3O)c2)c1. The summed E-state index contributed by atoms with van der Waals surface area (Å²) in [6.45, 7) is 8.48. The van der Waals surface area contributed by atoms with Gasteiger partial charge in [0.1, 0.15) is 5.75 Å². The zero-order chi connectivity index (χ0) is 23.7. The van der Waals surface area contributed by atoms with Crippen molar-refractivity contribution in [1.29, 1.82) is 0 Å². The highest BCUT2D eigenvalue weighted by Gasteiger charge is 2.11. The maximum Gasteiger partial charge on any atom is 0.137 e. The third-order valence-corrected chi connectivity index (χ3v) is 7.01. The Morgan fingerprint density at radius 2 is 1.39 bits per heavy atom. The van der Waals surface area contributed by atoms with Gasteiger partial charge in [0.25, 0.3) is 0 Å². The van der Waals surface area contributed by atoms with Crippen LogP contribution in [0.2, 0.25) is 0 Å². The van der Waals surface area contributed by atoms with E-state index in [1.54, 1.807) is 6.21 Å². The predicted octanol–water partition coefficient (Wildman–Crippen LogP) is 8.92. The third-order valence-electron chi connectivity index (χ3n) is 5.56. The van der Waals surface area contributed by atoms with Crippen LogP contribution < -0.4 is 0 Å². The minimum absolute atomic E-state index is 0.267. The Morgan fingerprint density at radius 3 is 2.12 bits per heavy atom. The Labute approximate surface area is 223 Å². The summed E-state index contributed by atoms with van der Waals surface area (Å²) in [5.74, 6) is 0.267. The fourth-order valence-electron chi connectivity index (χ4n) is 4.18.